The molecule has 0 amide bonds. The van der Waals surface area contributed by atoms with Crippen molar-refractivity contribution in [1.29, 1.82) is 0 Å². The van der Waals surface area contributed by atoms with Crippen molar-refractivity contribution >= 4 is 0 Å². The first kappa shape index (κ1) is 14.8. The van der Waals surface area contributed by atoms with E-state index in [9.17, 15) is 0 Å². The predicted octanol–water partition coefficient (Wildman–Crippen LogP) is 2.08. The van der Waals surface area contributed by atoms with Crippen molar-refractivity contribution in [2.24, 2.45) is 13.0 Å². The number of hydrogen-bond acceptors (Lipinski definition) is 3. The quantitative estimate of drug-likeness (QED) is 0.776. The van der Waals surface area contributed by atoms with Gasteiger partial charge in [-0.2, -0.15) is 10.2 Å². The molecule has 0 aromatic carbocycles. The van der Waals surface area contributed by atoms with E-state index < -0.39 is 0 Å². The van der Waals surface area contributed by atoms with Crippen LogP contribution < -0.4 is 0 Å². The molecule has 0 atom stereocenters. The Morgan fingerprint density at radius 3 is 2.70 bits per heavy atom. The number of nitrogens with zero attached hydrogens (tertiary/aromatic N) is 5. The van der Waals surface area contributed by atoms with Crippen LogP contribution in [0.4, 0.5) is 0 Å². The van der Waals surface area contributed by atoms with Gasteiger partial charge in [0.05, 0.1) is 18.4 Å². The largest absolute Gasteiger partial charge is 0.297 e. The van der Waals surface area contributed by atoms with Crippen molar-refractivity contribution in [3.8, 4) is 0 Å². The molecule has 5 heteroatoms. The Bertz CT molecular complexity index is 526. The average Bonchev–Trinajstić information content (AvgIpc) is 2.95. The molecule has 2 rings (SSSR count). The lowest BCUT2D eigenvalue weighted by molar-refractivity contribution is 0.224. The molecule has 20 heavy (non-hydrogen) atoms. The molecule has 0 aliphatic rings. The molecule has 2 aromatic rings. The summed E-state index contributed by atoms with van der Waals surface area (Å²) in [5.74, 6) is 0.658. The minimum Gasteiger partial charge on any atom is -0.297 e. The Balaban J connectivity index is 1.92. The van der Waals surface area contributed by atoms with Crippen LogP contribution in [0.1, 0.15) is 25.1 Å². The highest BCUT2D eigenvalue weighted by Crippen LogP contribution is 2.07. The van der Waals surface area contributed by atoms with Gasteiger partial charge >= 0.3 is 0 Å². The van der Waals surface area contributed by atoms with Crippen molar-refractivity contribution < 1.29 is 0 Å². The summed E-state index contributed by atoms with van der Waals surface area (Å²) in [4.78, 5) is 2.47. The summed E-state index contributed by atoms with van der Waals surface area (Å²) in [6.45, 7) is 10.5. The highest BCUT2D eigenvalue weighted by molar-refractivity contribution is 5.03. The second kappa shape index (κ2) is 6.70. The van der Waals surface area contributed by atoms with Crippen molar-refractivity contribution in [1.82, 2.24) is 24.5 Å². The van der Waals surface area contributed by atoms with Crippen molar-refractivity contribution in [3.05, 3.63) is 35.9 Å². The summed E-state index contributed by atoms with van der Waals surface area (Å²) < 4.78 is 3.88. The van der Waals surface area contributed by atoms with E-state index in [1.54, 1.807) is 0 Å². The summed E-state index contributed by atoms with van der Waals surface area (Å²) in [6.07, 6.45) is 6.09. The first-order chi connectivity index (χ1) is 9.52. The lowest BCUT2D eigenvalue weighted by Crippen LogP contribution is -2.30. The van der Waals surface area contributed by atoms with E-state index in [4.69, 9.17) is 0 Å². The second-order valence-corrected chi connectivity index (χ2v) is 5.87. The summed E-state index contributed by atoms with van der Waals surface area (Å²) in [5.41, 5.74) is 2.34. The van der Waals surface area contributed by atoms with Gasteiger partial charge in [-0.1, -0.05) is 13.8 Å². The first-order valence-corrected chi connectivity index (χ1v) is 7.23. The molecule has 110 valence electrons. The third kappa shape index (κ3) is 4.49. The van der Waals surface area contributed by atoms with Gasteiger partial charge < -0.3 is 0 Å². The molecule has 2 heterocycles. The lowest BCUT2D eigenvalue weighted by Gasteiger charge is -2.23. The molecule has 0 saturated carbocycles. The minimum absolute atomic E-state index is 0.658. The van der Waals surface area contributed by atoms with E-state index >= 15 is 0 Å². The van der Waals surface area contributed by atoms with Crippen LogP contribution in [0.2, 0.25) is 0 Å². The second-order valence-electron chi connectivity index (χ2n) is 5.87. The normalized spacial score (nSPS) is 11.7. The molecule has 0 spiro atoms. The van der Waals surface area contributed by atoms with Gasteiger partial charge in [-0.05, 0) is 18.9 Å². The molecule has 2 aromatic heterocycles. The van der Waals surface area contributed by atoms with E-state index in [1.165, 1.54) is 5.56 Å². The SMILES string of the molecule is Cc1ccn(CCN(Cc2cnn(C)c2)CC(C)C)n1. The van der Waals surface area contributed by atoms with Crippen molar-refractivity contribution in [2.75, 3.05) is 13.1 Å². The van der Waals surface area contributed by atoms with E-state index in [2.05, 4.69) is 35.1 Å². The monoisotopic (exact) mass is 275 g/mol. The Morgan fingerprint density at radius 1 is 1.35 bits per heavy atom. The molecule has 0 aliphatic heterocycles. The Labute approximate surface area is 121 Å². The molecule has 5 nitrogen and oxygen atoms in total. The summed E-state index contributed by atoms with van der Waals surface area (Å²) in [5, 5.41) is 8.69. The number of aromatic nitrogens is 4. The fourth-order valence-electron chi connectivity index (χ4n) is 2.39. The van der Waals surface area contributed by atoms with Gasteiger partial charge in [0.1, 0.15) is 0 Å². The van der Waals surface area contributed by atoms with Crippen LogP contribution in [0, 0.1) is 12.8 Å². The molecule has 0 saturated heterocycles. The smallest absolute Gasteiger partial charge is 0.0593 e. The zero-order valence-corrected chi connectivity index (χ0v) is 13.0. The van der Waals surface area contributed by atoms with Gasteiger partial charge in [0, 0.05) is 44.6 Å². The van der Waals surface area contributed by atoms with E-state index in [1.807, 2.05) is 41.8 Å². The lowest BCUT2D eigenvalue weighted by atomic mass is 10.2. The van der Waals surface area contributed by atoms with Gasteiger partial charge in [0.15, 0.2) is 0 Å². The van der Waals surface area contributed by atoms with E-state index in [0.29, 0.717) is 5.92 Å². The molecule has 0 unspecified atom stereocenters. The molecular weight excluding hydrogens is 250 g/mol. The topological polar surface area (TPSA) is 38.9 Å². The molecule has 0 aliphatic carbocycles. The van der Waals surface area contributed by atoms with Gasteiger partial charge in [0.25, 0.3) is 0 Å². The van der Waals surface area contributed by atoms with Crippen LogP contribution in [0.15, 0.2) is 24.7 Å². The molecule has 0 bridgehead atoms. The van der Waals surface area contributed by atoms with Gasteiger partial charge in [-0.25, -0.2) is 0 Å². The van der Waals surface area contributed by atoms with Gasteiger partial charge in [0.2, 0.25) is 0 Å². The van der Waals surface area contributed by atoms with Crippen LogP contribution >= 0.6 is 0 Å². The minimum atomic E-state index is 0.658. The summed E-state index contributed by atoms with van der Waals surface area (Å²) in [7, 11) is 1.96. The maximum Gasteiger partial charge on any atom is 0.0593 e. The number of hydrogen-bond donors (Lipinski definition) is 0. The summed E-state index contributed by atoms with van der Waals surface area (Å²) >= 11 is 0. The fourth-order valence-corrected chi connectivity index (χ4v) is 2.39. The highest BCUT2D eigenvalue weighted by atomic mass is 15.3. The maximum absolute atomic E-state index is 4.45. The van der Waals surface area contributed by atoms with Crippen LogP contribution in [-0.2, 0) is 20.1 Å². The summed E-state index contributed by atoms with van der Waals surface area (Å²) in [6, 6.07) is 2.05. The molecule has 0 N–H and O–H groups in total. The Hall–Kier alpha value is -1.62. The first-order valence-electron chi connectivity index (χ1n) is 7.23. The van der Waals surface area contributed by atoms with Gasteiger partial charge in [-0.15, -0.1) is 0 Å². The third-order valence-electron chi connectivity index (χ3n) is 3.21. The third-order valence-corrected chi connectivity index (χ3v) is 3.21. The zero-order valence-electron chi connectivity index (χ0n) is 13.0. The Morgan fingerprint density at radius 2 is 2.15 bits per heavy atom. The molecule has 0 radical (unpaired) electrons. The van der Waals surface area contributed by atoms with Crippen LogP contribution in [0.3, 0.4) is 0 Å². The van der Waals surface area contributed by atoms with E-state index in [-0.39, 0.29) is 0 Å². The fraction of sp³-hybridized carbons (Fsp3) is 0.600. The average molecular weight is 275 g/mol. The highest BCUT2D eigenvalue weighted by Gasteiger charge is 2.10. The van der Waals surface area contributed by atoms with Crippen LogP contribution in [-0.4, -0.2) is 37.6 Å². The van der Waals surface area contributed by atoms with Gasteiger partial charge in [-0.3, -0.25) is 14.3 Å². The van der Waals surface area contributed by atoms with E-state index in [0.717, 1.165) is 31.9 Å². The van der Waals surface area contributed by atoms with Crippen molar-refractivity contribution in [3.63, 3.8) is 0 Å². The molecular formula is C15H25N5. The maximum atomic E-state index is 4.45. The predicted molar refractivity (Wildman–Crippen MR) is 80.3 cm³/mol. The zero-order chi connectivity index (χ0) is 14.5. The van der Waals surface area contributed by atoms with Crippen molar-refractivity contribution in [2.45, 2.75) is 33.9 Å². The van der Waals surface area contributed by atoms with Crippen LogP contribution in [0.25, 0.3) is 0 Å². The number of aryl methyl sites for hydroxylation is 2. The van der Waals surface area contributed by atoms with Crippen LogP contribution in [0.5, 0.6) is 0 Å². The number of rotatable bonds is 7. The molecule has 0 fully saturated rings. The standard InChI is InChI=1S/C15H25N5/c1-13(2)10-19(12-15-9-16-18(4)11-15)7-8-20-6-5-14(3)17-20/h5-6,9,11,13H,7-8,10,12H2,1-4H3. The Kier molecular flexibility index (Phi) is 4.95.